The number of carbonyl (C=O) groups excluding carboxylic acids is 1. The Labute approximate surface area is 194 Å². The Bertz CT molecular complexity index is 1250. The molecule has 3 aromatic rings. The average molecular weight is 494 g/mol. The van der Waals surface area contributed by atoms with Gasteiger partial charge in [-0.2, -0.15) is 0 Å². The van der Waals surface area contributed by atoms with Gasteiger partial charge < -0.3 is 14.8 Å². The molecule has 0 fully saturated rings. The molecule has 0 atom stereocenters. The number of ether oxygens (including phenoxy) is 2. The van der Waals surface area contributed by atoms with E-state index in [1.54, 1.807) is 43.3 Å². The molecule has 0 radical (unpaired) electrons. The van der Waals surface area contributed by atoms with E-state index in [1.165, 1.54) is 31.4 Å². The minimum atomic E-state index is -4.84. The monoisotopic (exact) mass is 494 g/mol. The third kappa shape index (κ3) is 6.19. The lowest BCUT2D eigenvalue weighted by molar-refractivity contribution is -0.274. The average Bonchev–Trinajstić information content (AvgIpc) is 2.78. The molecule has 0 aliphatic heterocycles. The molecule has 34 heavy (non-hydrogen) atoms. The quantitative estimate of drug-likeness (QED) is 0.489. The fourth-order valence-electron chi connectivity index (χ4n) is 3.09. The molecular formula is C23H21F3N2O5S. The highest BCUT2D eigenvalue weighted by molar-refractivity contribution is 7.92. The predicted molar refractivity (Wildman–Crippen MR) is 120 cm³/mol. The number of aryl methyl sites for hydroxylation is 1. The second kappa shape index (κ2) is 10.0. The van der Waals surface area contributed by atoms with Crippen molar-refractivity contribution in [2.75, 3.05) is 23.3 Å². The molecule has 0 aliphatic carbocycles. The van der Waals surface area contributed by atoms with Crippen LogP contribution in [0.5, 0.6) is 11.5 Å². The number of nitrogens with zero attached hydrogens (tertiary/aromatic N) is 1. The zero-order valence-corrected chi connectivity index (χ0v) is 19.0. The summed E-state index contributed by atoms with van der Waals surface area (Å²) in [5.41, 5.74) is 1.06. The summed E-state index contributed by atoms with van der Waals surface area (Å²) >= 11 is 0. The van der Waals surface area contributed by atoms with Gasteiger partial charge in [0.2, 0.25) is 5.91 Å². The smallest absolute Gasteiger partial charge is 0.495 e. The molecule has 3 aromatic carbocycles. The van der Waals surface area contributed by atoms with Gasteiger partial charge in [0.15, 0.2) is 0 Å². The molecule has 1 N–H and O–H groups in total. The van der Waals surface area contributed by atoms with Gasteiger partial charge in [-0.1, -0.05) is 24.3 Å². The lowest BCUT2D eigenvalue weighted by Crippen LogP contribution is -2.38. The lowest BCUT2D eigenvalue weighted by Gasteiger charge is -2.26. The molecule has 1 amide bonds. The van der Waals surface area contributed by atoms with Gasteiger partial charge >= 0.3 is 6.36 Å². The summed E-state index contributed by atoms with van der Waals surface area (Å²) in [6, 6.07) is 17.0. The van der Waals surface area contributed by atoms with Crippen molar-refractivity contribution in [1.82, 2.24) is 0 Å². The lowest BCUT2D eigenvalue weighted by atomic mass is 10.2. The second-order valence-electron chi connectivity index (χ2n) is 7.12. The maximum atomic E-state index is 13.4. The van der Waals surface area contributed by atoms with E-state index >= 15 is 0 Å². The van der Waals surface area contributed by atoms with Crippen LogP contribution in [0.4, 0.5) is 24.5 Å². The number of carbonyl (C=O) groups is 1. The number of amides is 1. The van der Waals surface area contributed by atoms with E-state index in [0.717, 1.165) is 22.0 Å². The first kappa shape index (κ1) is 24.9. The van der Waals surface area contributed by atoms with Crippen LogP contribution in [-0.4, -0.2) is 34.3 Å². The Morgan fingerprint density at radius 1 is 1.00 bits per heavy atom. The molecule has 11 heteroatoms. The Balaban J connectivity index is 1.91. The largest absolute Gasteiger partial charge is 0.573 e. The van der Waals surface area contributed by atoms with Crippen molar-refractivity contribution in [2.24, 2.45) is 0 Å². The molecule has 0 heterocycles. The van der Waals surface area contributed by atoms with Crippen LogP contribution in [0.15, 0.2) is 77.7 Å². The molecule has 3 rings (SSSR count). The second-order valence-corrected chi connectivity index (χ2v) is 8.98. The van der Waals surface area contributed by atoms with Crippen molar-refractivity contribution >= 4 is 27.3 Å². The molecule has 0 spiro atoms. The van der Waals surface area contributed by atoms with E-state index in [9.17, 15) is 26.4 Å². The Hall–Kier alpha value is -3.73. The van der Waals surface area contributed by atoms with E-state index in [-0.39, 0.29) is 22.0 Å². The van der Waals surface area contributed by atoms with Crippen LogP contribution in [-0.2, 0) is 14.8 Å². The Morgan fingerprint density at radius 3 is 2.24 bits per heavy atom. The van der Waals surface area contributed by atoms with Crippen LogP contribution in [0, 0.1) is 6.92 Å². The summed E-state index contributed by atoms with van der Waals surface area (Å²) in [7, 11) is -2.79. The summed E-state index contributed by atoms with van der Waals surface area (Å²) < 4.78 is 73.9. The first-order valence-corrected chi connectivity index (χ1v) is 11.3. The molecule has 0 aliphatic rings. The van der Waals surface area contributed by atoms with Gasteiger partial charge in [-0.3, -0.25) is 9.10 Å². The number of hydrogen-bond donors (Lipinski definition) is 1. The summed E-state index contributed by atoms with van der Waals surface area (Å²) in [6.07, 6.45) is -4.84. The number of alkyl halides is 3. The summed E-state index contributed by atoms with van der Waals surface area (Å²) in [5, 5.41) is 2.49. The van der Waals surface area contributed by atoms with Crippen molar-refractivity contribution in [3.05, 3.63) is 78.4 Å². The molecule has 0 bridgehead atoms. The van der Waals surface area contributed by atoms with Crippen LogP contribution < -0.4 is 19.1 Å². The number of hydrogen-bond acceptors (Lipinski definition) is 5. The summed E-state index contributed by atoms with van der Waals surface area (Å²) in [4.78, 5) is 12.8. The highest BCUT2D eigenvalue weighted by atomic mass is 32.2. The van der Waals surface area contributed by atoms with Crippen LogP contribution >= 0.6 is 0 Å². The topological polar surface area (TPSA) is 84.9 Å². The molecule has 0 unspecified atom stereocenters. The minimum Gasteiger partial charge on any atom is -0.495 e. The highest BCUT2D eigenvalue weighted by Gasteiger charge is 2.31. The van der Waals surface area contributed by atoms with Crippen molar-refractivity contribution in [3.63, 3.8) is 0 Å². The molecule has 7 nitrogen and oxygen atoms in total. The molecule has 0 saturated heterocycles. The van der Waals surface area contributed by atoms with Gasteiger partial charge in [-0.05, 0) is 61.0 Å². The molecular weight excluding hydrogens is 473 g/mol. The highest BCUT2D eigenvalue weighted by Crippen LogP contribution is 2.33. The van der Waals surface area contributed by atoms with Crippen molar-refractivity contribution in [1.29, 1.82) is 0 Å². The van der Waals surface area contributed by atoms with E-state index < -0.39 is 34.6 Å². The SMILES string of the molecule is COc1ccc(C)cc1N(CC(=O)Nc1ccc(OC(F)(F)F)cc1)S(=O)(=O)c1ccccc1. The van der Waals surface area contributed by atoms with E-state index in [2.05, 4.69) is 10.1 Å². The van der Waals surface area contributed by atoms with Crippen LogP contribution in [0.1, 0.15) is 5.56 Å². The molecule has 180 valence electrons. The van der Waals surface area contributed by atoms with Crippen molar-refractivity contribution in [3.8, 4) is 11.5 Å². The number of anilines is 2. The van der Waals surface area contributed by atoms with Gasteiger partial charge in [0.25, 0.3) is 10.0 Å². The first-order valence-electron chi connectivity index (χ1n) is 9.88. The van der Waals surface area contributed by atoms with E-state index in [4.69, 9.17) is 4.74 Å². The number of sulfonamides is 1. The standard InChI is InChI=1S/C23H21F3N2O5S/c1-16-8-13-21(32-2)20(14-16)28(34(30,31)19-6-4-3-5-7-19)15-22(29)27-17-9-11-18(12-10-17)33-23(24,25)26/h3-14H,15H2,1-2H3,(H,27,29). The zero-order valence-electron chi connectivity index (χ0n) is 18.2. The van der Waals surface area contributed by atoms with Crippen LogP contribution in [0.25, 0.3) is 0 Å². The number of benzene rings is 3. The zero-order chi connectivity index (χ0) is 24.9. The molecule has 0 saturated carbocycles. The van der Waals surface area contributed by atoms with Crippen molar-refractivity contribution in [2.45, 2.75) is 18.2 Å². The fraction of sp³-hybridized carbons (Fsp3) is 0.174. The third-order valence-corrected chi connectivity index (χ3v) is 6.37. The number of nitrogens with one attached hydrogen (secondary N) is 1. The predicted octanol–water partition coefficient (Wildman–Crippen LogP) is 4.74. The van der Waals surface area contributed by atoms with Gasteiger partial charge in [0.1, 0.15) is 18.0 Å². The number of methoxy groups -OCH3 is 1. The normalized spacial score (nSPS) is 11.6. The third-order valence-electron chi connectivity index (χ3n) is 4.59. The van der Waals surface area contributed by atoms with Crippen LogP contribution in [0.2, 0.25) is 0 Å². The summed E-state index contributed by atoms with van der Waals surface area (Å²) in [6.45, 7) is 1.15. The minimum absolute atomic E-state index is 0.0278. The summed E-state index contributed by atoms with van der Waals surface area (Å²) in [5.74, 6) is -0.928. The van der Waals surface area contributed by atoms with Gasteiger partial charge in [-0.15, -0.1) is 13.2 Å². The van der Waals surface area contributed by atoms with E-state index in [0.29, 0.717) is 0 Å². The number of halogens is 3. The Morgan fingerprint density at radius 2 is 1.65 bits per heavy atom. The fourth-order valence-corrected chi connectivity index (χ4v) is 4.53. The maximum absolute atomic E-state index is 13.4. The Kier molecular flexibility index (Phi) is 7.35. The molecule has 0 aromatic heterocycles. The van der Waals surface area contributed by atoms with Gasteiger partial charge in [0, 0.05) is 5.69 Å². The van der Waals surface area contributed by atoms with Crippen molar-refractivity contribution < 1.29 is 35.9 Å². The van der Waals surface area contributed by atoms with Gasteiger partial charge in [-0.25, -0.2) is 8.42 Å². The van der Waals surface area contributed by atoms with E-state index in [1.807, 2.05) is 0 Å². The van der Waals surface area contributed by atoms with Crippen LogP contribution in [0.3, 0.4) is 0 Å². The number of rotatable bonds is 8. The van der Waals surface area contributed by atoms with Gasteiger partial charge in [0.05, 0.1) is 17.7 Å². The maximum Gasteiger partial charge on any atom is 0.573 e. The first-order chi connectivity index (χ1) is 16.0.